The average molecular weight is 202 g/mol. The molecule has 0 aromatic heterocycles. The molecular weight excluding hydrogens is 192 g/mol. The summed E-state index contributed by atoms with van der Waals surface area (Å²) in [4.78, 5) is 0. The van der Waals surface area contributed by atoms with Gasteiger partial charge in [-0.25, -0.2) is 0 Å². The Bertz CT molecular complexity index is 58.8. The maximum atomic E-state index is 4.22. The zero-order valence-electron chi connectivity index (χ0n) is 4.41. The van der Waals surface area contributed by atoms with Gasteiger partial charge in [0.05, 0.1) is 0 Å². The lowest BCUT2D eigenvalue weighted by Gasteiger charge is -2.09. The van der Waals surface area contributed by atoms with Gasteiger partial charge in [-0.2, -0.15) is 48.9 Å². The third-order valence-electron chi connectivity index (χ3n) is 0.670. The number of thiol groups is 4. The van der Waals surface area contributed by atoms with E-state index >= 15 is 0 Å². The monoisotopic (exact) mass is 202 g/mol. The van der Waals surface area contributed by atoms with Gasteiger partial charge >= 0.3 is 0 Å². The van der Waals surface area contributed by atoms with Crippen molar-refractivity contribution in [2.45, 2.75) is 12.5 Å². The molecule has 0 nitrogen and oxygen atoms in total. The molecule has 0 amide bonds. The molecule has 0 atom stereocenters. The normalized spacial score (nSPS) is 12.0. The molecule has 5 heteroatoms. The highest BCUT2D eigenvalue weighted by Crippen LogP contribution is 2.24. The van der Waals surface area contributed by atoms with E-state index in [4.69, 9.17) is 0 Å². The molecule has 0 saturated carbocycles. The smallest absolute Gasteiger partial charge is 0.180 e. The highest BCUT2D eigenvalue weighted by molar-refractivity contribution is 8.68. The quantitative estimate of drug-likeness (QED) is 0.391. The van der Waals surface area contributed by atoms with Crippen LogP contribution in [0.3, 0.4) is 0 Å². The third kappa shape index (κ3) is 7.62. The Labute approximate surface area is 72.4 Å². The van der Waals surface area contributed by atoms with Crippen molar-refractivity contribution in [1.29, 1.82) is 0 Å². The SMILES string of the molecule is SCCC[Si](S)(S)S. The molecular formula is C3H10S4Si. The average Bonchev–Trinajstić information content (AvgIpc) is 1.59. The largest absolute Gasteiger partial charge is 0.228 e. The Balaban J connectivity index is 3.11. The van der Waals surface area contributed by atoms with Crippen LogP contribution in [0.25, 0.3) is 0 Å². The fraction of sp³-hybridized carbons (Fsp3) is 1.00. The van der Waals surface area contributed by atoms with Crippen LogP contribution < -0.4 is 0 Å². The van der Waals surface area contributed by atoms with Crippen LogP contribution in [0.2, 0.25) is 6.04 Å². The molecule has 0 aliphatic carbocycles. The van der Waals surface area contributed by atoms with Gasteiger partial charge in [0.1, 0.15) is 0 Å². The Morgan fingerprint density at radius 3 is 1.75 bits per heavy atom. The van der Waals surface area contributed by atoms with E-state index in [9.17, 15) is 0 Å². The Morgan fingerprint density at radius 1 is 1.12 bits per heavy atom. The molecule has 50 valence electrons. The van der Waals surface area contributed by atoms with Crippen LogP contribution in [0.1, 0.15) is 6.42 Å². The summed E-state index contributed by atoms with van der Waals surface area (Å²) in [6.45, 7) is 0. The summed E-state index contributed by atoms with van der Waals surface area (Å²) in [7, 11) is 0. The fourth-order valence-electron chi connectivity index (χ4n) is 0.316. The minimum Gasteiger partial charge on any atom is -0.180 e. The summed E-state index contributed by atoms with van der Waals surface area (Å²) < 4.78 is 0. The van der Waals surface area contributed by atoms with E-state index in [-0.39, 0.29) is 0 Å². The zero-order valence-corrected chi connectivity index (χ0v) is 8.99. The second-order valence-electron chi connectivity index (χ2n) is 1.60. The summed E-state index contributed by atoms with van der Waals surface area (Å²) in [6, 6.07) is 1.02. The molecule has 0 aliphatic rings. The van der Waals surface area contributed by atoms with Gasteiger partial charge in [-0.15, -0.1) is 0 Å². The van der Waals surface area contributed by atoms with Crippen LogP contribution in [0.5, 0.6) is 0 Å². The maximum absolute atomic E-state index is 4.22. The predicted molar refractivity (Wildman–Crippen MR) is 56.0 cm³/mol. The second-order valence-corrected chi connectivity index (χ2v) is 14.1. The van der Waals surface area contributed by atoms with Gasteiger partial charge < -0.3 is 0 Å². The molecule has 0 rings (SSSR count). The number of hydrogen-bond donors (Lipinski definition) is 4. The first-order valence-electron chi connectivity index (χ1n) is 2.34. The van der Waals surface area contributed by atoms with Gasteiger partial charge in [-0.3, -0.25) is 0 Å². The molecule has 0 aliphatic heterocycles. The van der Waals surface area contributed by atoms with Gasteiger partial charge in [0.15, 0.2) is 0 Å². The second kappa shape index (κ2) is 4.44. The molecule has 0 spiro atoms. The molecule has 0 aromatic rings. The van der Waals surface area contributed by atoms with Crippen molar-refractivity contribution in [3.63, 3.8) is 0 Å². The van der Waals surface area contributed by atoms with Gasteiger partial charge in [0.2, 0.25) is 5.52 Å². The van der Waals surface area contributed by atoms with E-state index in [1.54, 1.807) is 0 Å². The van der Waals surface area contributed by atoms with Crippen molar-refractivity contribution in [1.82, 2.24) is 0 Å². The van der Waals surface area contributed by atoms with Crippen LogP contribution in [-0.4, -0.2) is 11.3 Å². The first-order valence-corrected chi connectivity index (χ1v) is 9.05. The lowest BCUT2D eigenvalue weighted by molar-refractivity contribution is 1.10. The Kier molecular flexibility index (Phi) is 5.33. The first-order chi connectivity index (χ1) is 3.56. The van der Waals surface area contributed by atoms with Crippen molar-refractivity contribution < 1.29 is 0 Å². The third-order valence-corrected chi connectivity index (χ3v) is 4.02. The van der Waals surface area contributed by atoms with E-state index in [0.29, 0.717) is 0 Å². The van der Waals surface area contributed by atoms with Crippen LogP contribution in [-0.2, 0) is 0 Å². The summed E-state index contributed by atoms with van der Waals surface area (Å²) >= 11 is 16.7. The lowest BCUT2D eigenvalue weighted by atomic mass is 10.6. The van der Waals surface area contributed by atoms with Crippen molar-refractivity contribution in [2.24, 2.45) is 0 Å². The topological polar surface area (TPSA) is 0 Å². The predicted octanol–water partition coefficient (Wildman–Crippen LogP) is 2.03. The highest BCUT2D eigenvalue weighted by Gasteiger charge is 2.16. The summed E-state index contributed by atoms with van der Waals surface area (Å²) in [6.07, 6.45) is 1.08. The summed E-state index contributed by atoms with van der Waals surface area (Å²) in [5.74, 6) is 0.913. The van der Waals surface area contributed by atoms with Gasteiger partial charge in [0.25, 0.3) is 0 Å². The molecule has 0 heterocycles. The molecule has 0 bridgehead atoms. The molecule has 0 aromatic carbocycles. The van der Waals surface area contributed by atoms with E-state index in [1.165, 1.54) is 0 Å². The molecule has 0 fully saturated rings. The minimum absolute atomic E-state index is 0.913. The zero-order chi connectivity index (χ0) is 6.62. The van der Waals surface area contributed by atoms with E-state index < -0.39 is 5.52 Å². The number of hydrogen-bond acceptors (Lipinski definition) is 4. The molecule has 0 unspecified atom stereocenters. The van der Waals surface area contributed by atoms with Crippen LogP contribution in [0.15, 0.2) is 0 Å². The molecule has 8 heavy (non-hydrogen) atoms. The Morgan fingerprint density at radius 2 is 1.62 bits per heavy atom. The molecule has 0 N–H and O–H groups in total. The number of rotatable bonds is 3. The first kappa shape index (κ1) is 9.62. The standard InChI is InChI=1S/C3H10S4Si/c4-2-1-3-8(5,6)7/h4-7H,1-3H2. The van der Waals surface area contributed by atoms with Crippen molar-refractivity contribution >= 4 is 54.4 Å². The van der Waals surface area contributed by atoms with Crippen molar-refractivity contribution in [3.8, 4) is 0 Å². The minimum atomic E-state index is -1.64. The summed E-state index contributed by atoms with van der Waals surface area (Å²) in [5.41, 5.74) is -1.64. The van der Waals surface area contributed by atoms with E-state index in [1.807, 2.05) is 0 Å². The maximum Gasteiger partial charge on any atom is 0.228 e. The summed E-state index contributed by atoms with van der Waals surface area (Å²) in [5, 5.41) is 0. The fourth-order valence-corrected chi connectivity index (χ4v) is 2.85. The van der Waals surface area contributed by atoms with E-state index in [0.717, 1.165) is 18.2 Å². The van der Waals surface area contributed by atoms with E-state index in [2.05, 4.69) is 48.9 Å². The lowest BCUT2D eigenvalue weighted by Crippen LogP contribution is -2.08. The van der Waals surface area contributed by atoms with Crippen molar-refractivity contribution in [2.75, 3.05) is 5.75 Å². The molecule has 0 radical (unpaired) electrons. The van der Waals surface area contributed by atoms with Crippen LogP contribution in [0.4, 0.5) is 0 Å². The van der Waals surface area contributed by atoms with Crippen molar-refractivity contribution in [3.05, 3.63) is 0 Å². The van der Waals surface area contributed by atoms with Crippen LogP contribution >= 0.6 is 48.9 Å². The van der Waals surface area contributed by atoms with Gasteiger partial charge in [-0.05, 0) is 18.2 Å². The highest BCUT2D eigenvalue weighted by atomic mass is 32.7. The van der Waals surface area contributed by atoms with Crippen LogP contribution in [0, 0.1) is 0 Å². The van der Waals surface area contributed by atoms with Gasteiger partial charge in [-0.1, -0.05) is 0 Å². The molecule has 0 saturated heterocycles. The van der Waals surface area contributed by atoms with Gasteiger partial charge in [0, 0.05) is 0 Å². The Hall–Kier alpha value is 1.62.